The minimum Gasteiger partial charge on any atom is -0.282 e. The molecule has 3 nitrogen and oxygen atoms in total. The summed E-state index contributed by atoms with van der Waals surface area (Å²) in [5, 5.41) is 0. The van der Waals surface area contributed by atoms with Crippen LogP contribution in [0.4, 0.5) is 0 Å². The van der Waals surface area contributed by atoms with Gasteiger partial charge in [0.05, 0.1) is 4.90 Å². The molecule has 0 saturated heterocycles. The topological polar surface area (TPSA) is 54.4 Å². The molecule has 3 aromatic carbocycles. The van der Waals surface area contributed by atoms with Crippen LogP contribution in [-0.2, 0) is 10.1 Å². The lowest BCUT2D eigenvalue weighted by atomic mass is 10.1. The quantitative estimate of drug-likeness (QED) is 0.325. The molecule has 5 heteroatoms. The van der Waals surface area contributed by atoms with Gasteiger partial charge in [-0.2, -0.15) is 8.42 Å². The van der Waals surface area contributed by atoms with Crippen LogP contribution in [0.5, 0.6) is 0 Å². The van der Waals surface area contributed by atoms with Gasteiger partial charge in [0.1, 0.15) is 0 Å². The van der Waals surface area contributed by atoms with E-state index in [2.05, 4.69) is 73.7 Å². The second kappa shape index (κ2) is 11.2. The van der Waals surface area contributed by atoms with Crippen molar-refractivity contribution in [3.05, 3.63) is 98.6 Å². The Morgan fingerprint density at radius 1 is 0.667 bits per heavy atom. The molecule has 0 unspecified atom stereocenters. The van der Waals surface area contributed by atoms with E-state index in [9.17, 15) is 8.42 Å². The summed E-state index contributed by atoms with van der Waals surface area (Å²) in [6.45, 7) is 8.22. The molecule has 0 aliphatic heterocycles. The fourth-order valence-corrected chi connectivity index (χ4v) is 3.22. The van der Waals surface area contributed by atoms with Crippen LogP contribution in [0.15, 0.2) is 77.7 Å². The minimum atomic E-state index is -4.02. The standard InChI is InChI=1S/C9H12.C7H8O3S.C6H5I/c1-7-4-8(2)6-9(3)5-7;1-6-2-4-7(5-3-6)11(8,9)10;7-6-4-2-1-3-5-6/h4-6H,1-3H3;2-5H,1H3,(H,8,9,10);1-5H. The van der Waals surface area contributed by atoms with Crippen LogP contribution in [0.3, 0.4) is 0 Å². The maximum absolute atomic E-state index is 10.5. The molecule has 0 amide bonds. The molecule has 0 aromatic heterocycles. The highest BCUT2D eigenvalue weighted by Crippen LogP contribution is 2.08. The van der Waals surface area contributed by atoms with E-state index < -0.39 is 10.1 Å². The fraction of sp³-hybridized carbons (Fsp3) is 0.182. The van der Waals surface area contributed by atoms with Crippen LogP contribution in [0.2, 0.25) is 0 Å². The third-order valence-corrected chi connectivity index (χ3v) is 5.01. The molecule has 0 bridgehead atoms. The van der Waals surface area contributed by atoms with Crippen molar-refractivity contribution in [2.24, 2.45) is 0 Å². The average molecular weight is 496 g/mol. The maximum atomic E-state index is 10.5. The molecule has 1 N–H and O–H groups in total. The molecular weight excluding hydrogens is 471 g/mol. The Morgan fingerprint density at radius 3 is 1.37 bits per heavy atom. The van der Waals surface area contributed by atoms with Crippen LogP contribution in [-0.4, -0.2) is 13.0 Å². The van der Waals surface area contributed by atoms with Crippen LogP contribution >= 0.6 is 22.6 Å². The third kappa shape index (κ3) is 10.3. The lowest BCUT2D eigenvalue weighted by Crippen LogP contribution is -1.96. The first-order valence-electron chi connectivity index (χ1n) is 8.37. The molecular formula is C22H25IO3S. The molecule has 0 spiro atoms. The Morgan fingerprint density at radius 2 is 1.07 bits per heavy atom. The molecule has 0 heterocycles. The summed E-state index contributed by atoms with van der Waals surface area (Å²) in [4.78, 5) is -0.0666. The molecule has 0 saturated carbocycles. The highest BCUT2D eigenvalue weighted by molar-refractivity contribution is 14.1. The van der Waals surface area contributed by atoms with Gasteiger partial charge in [-0.25, -0.2) is 0 Å². The molecule has 144 valence electrons. The van der Waals surface area contributed by atoms with Crippen molar-refractivity contribution in [1.29, 1.82) is 0 Å². The van der Waals surface area contributed by atoms with Crippen molar-refractivity contribution >= 4 is 32.7 Å². The molecule has 3 aromatic rings. The SMILES string of the molecule is Cc1cc(C)cc(C)c1.Cc1ccc(S(=O)(=O)O)cc1.Ic1ccccc1. The predicted molar refractivity (Wildman–Crippen MR) is 121 cm³/mol. The van der Waals surface area contributed by atoms with Gasteiger partial charge in [-0.15, -0.1) is 0 Å². The second-order valence-corrected chi connectivity index (χ2v) is 8.92. The zero-order valence-corrected chi connectivity index (χ0v) is 19.0. The summed E-state index contributed by atoms with van der Waals surface area (Å²) in [5.41, 5.74) is 5.02. The minimum absolute atomic E-state index is 0.0666. The van der Waals surface area contributed by atoms with Crippen molar-refractivity contribution in [2.75, 3.05) is 0 Å². The summed E-state index contributed by atoms with van der Waals surface area (Å²) < 4.78 is 30.8. The number of hydrogen-bond donors (Lipinski definition) is 1. The van der Waals surface area contributed by atoms with Gasteiger partial charge >= 0.3 is 0 Å². The first kappa shape index (κ1) is 23.3. The number of benzene rings is 3. The molecule has 3 rings (SSSR count). The van der Waals surface area contributed by atoms with E-state index in [-0.39, 0.29) is 4.90 Å². The van der Waals surface area contributed by atoms with E-state index in [4.69, 9.17) is 4.55 Å². The number of rotatable bonds is 1. The Labute approximate surface area is 176 Å². The lowest BCUT2D eigenvalue weighted by molar-refractivity contribution is 0.483. The van der Waals surface area contributed by atoms with E-state index in [0.717, 1.165) is 5.56 Å². The second-order valence-electron chi connectivity index (χ2n) is 6.25. The van der Waals surface area contributed by atoms with Gasteiger partial charge in [0.15, 0.2) is 0 Å². The third-order valence-electron chi connectivity index (χ3n) is 3.42. The highest BCUT2D eigenvalue weighted by Gasteiger charge is 2.06. The largest absolute Gasteiger partial charge is 0.294 e. The van der Waals surface area contributed by atoms with Crippen molar-refractivity contribution in [2.45, 2.75) is 32.6 Å². The summed E-state index contributed by atoms with van der Waals surface area (Å²) >= 11 is 2.28. The van der Waals surface area contributed by atoms with E-state index in [1.807, 2.05) is 25.1 Å². The first-order valence-corrected chi connectivity index (χ1v) is 10.9. The van der Waals surface area contributed by atoms with Gasteiger partial charge in [-0.3, -0.25) is 4.55 Å². The van der Waals surface area contributed by atoms with E-state index in [1.165, 1.54) is 32.4 Å². The lowest BCUT2D eigenvalue weighted by Gasteiger charge is -1.96. The van der Waals surface area contributed by atoms with Gasteiger partial charge in [0.2, 0.25) is 0 Å². The first-order chi connectivity index (χ1) is 12.6. The van der Waals surface area contributed by atoms with E-state index >= 15 is 0 Å². The number of halogens is 1. The molecule has 0 aliphatic rings. The number of aryl methyl sites for hydroxylation is 4. The molecule has 0 atom stereocenters. The molecule has 0 radical (unpaired) electrons. The van der Waals surface area contributed by atoms with E-state index in [1.54, 1.807) is 12.1 Å². The van der Waals surface area contributed by atoms with Crippen LogP contribution in [0.25, 0.3) is 0 Å². The summed E-state index contributed by atoms with van der Waals surface area (Å²) in [6, 6.07) is 22.8. The molecule has 0 aliphatic carbocycles. The van der Waals surface area contributed by atoms with Crippen LogP contribution in [0, 0.1) is 31.3 Å². The summed E-state index contributed by atoms with van der Waals surface area (Å²) in [7, 11) is -4.02. The summed E-state index contributed by atoms with van der Waals surface area (Å²) in [6.07, 6.45) is 0. The smallest absolute Gasteiger partial charge is 0.282 e. The van der Waals surface area contributed by atoms with Crippen LogP contribution in [0.1, 0.15) is 22.3 Å². The predicted octanol–water partition coefficient (Wildman–Crippen LogP) is 6.14. The average Bonchev–Trinajstić information content (AvgIpc) is 2.55. The summed E-state index contributed by atoms with van der Waals surface area (Å²) in [5.74, 6) is 0. The van der Waals surface area contributed by atoms with Crippen LogP contribution < -0.4 is 0 Å². The maximum Gasteiger partial charge on any atom is 0.294 e. The highest BCUT2D eigenvalue weighted by atomic mass is 127. The molecule has 27 heavy (non-hydrogen) atoms. The van der Waals surface area contributed by atoms with Gasteiger partial charge in [0, 0.05) is 3.57 Å². The van der Waals surface area contributed by atoms with Crippen molar-refractivity contribution in [3.63, 3.8) is 0 Å². The molecule has 0 fully saturated rings. The zero-order valence-electron chi connectivity index (χ0n) is 16.0. The Kier molecular flexibility index (Phi) is 9.69. The Balaban J connectivity index is 0.000000208. The van der Waals surface area contributed by atoms with E-state index in [0.29, 0.717) is 0 Å². The Hall–Kier alpha value is -1.70. The van der Waals surface area contributed by atoms with Gasteiger partial charge in [0.25, 0.3) is 10.1 Å². The normalized spacial score (nSPS) is 10.1. The zero-order chi connectivity index (χ0) is 20.4. The van der Waals surface area contributed by atoms with Gasteiger partial charge in [-0.05, 0) is 74.6 Å². The monoisotopic (exact) mass is 496 g/mol. The van der Waals surface area contributed by atoms with Crippen molar-refractivity contribution in [1.82, 2.24) is 0 Å². The van der Waals surface area contributed by atoms with Gasteiger partial charge in [-0.1, -0.05) is 70.8 Å². The van der Waals surface area contributed by atoms with Gasteiger partial charge < -0.3 is 0 Å². The fourth-order valence-electron chi connectivity index (χ4n) is 2.33. The Bertz CT molecular complexity index is 885. The number of hydrogen-bond acceptors (Lipinski definition) is 2. The van der Waals surface area contributed by atoms with Crippen molar-refractivity contribution < 1.29 is 13.0 Å². The van der Waals surface area contributed by atoms with Crippen molar-refractivity contribution in [3.8, 4) is 0 Å².